The normalized spacial score (nSPS) is 12.6. The molecule has 5 heteroatoms. The maximum Gasteiger partial charge on any atom is 0.151 e. The third kappa shape index (κ3) is 3.64. The summed E-state index contributed by atoms with van der Waals surface area (Å²) in [6.45, 7) is 4.07. The molecular weight excluding hydrogens is 304 g/mol. The molecule has 0 saturated heterocycles. The molecular formula is C14H19BrN4. The average Bonchev–Trinajstić information content (AvgIpc) is 2.75. The number of benzene rings is 1. The van der Waals surface area contributed by atoms with Crippen LogP contribution in [0.2, 0.25) is 0 Å². The minimum absolute atomic E-state index is 0.426. The molecule has 1 aromatic heterocycles. The molecule has 0 amide bonds. The van der Waals surface area contributed by atoms with Crippen molar-refractivity contribution >= 4 is 15.9 Å². The molecule has 0 bridgehead atoms. The predicted octanol–water partition coefficient (Wildman–Crippen LogP) is 2.51. The van der Waals surface area contributed by atoms with Crippen molar-refractivity contribution in [2.24, 2.45) is 7.05 Å². The highest BCUT2D eigenvalue weighted by molar-refractivity contribution is 9.10. The van der Waals surface area contributed by atoms with Gasteiger partial charge in [0.15, 0.2) is 4.60 Å². The summed E-state index contributed by atoms with van der Waals surface area (Å²) < 4.78 is 2.68. The van der Waals surface area contributed by atoms with E-state index in [0.717, 1.165) is 29.8 Å². The maximum atomic E-state index is 4.05. The standard InChI is InChI=1S/C14H19BrN4/c1-3-16-10-12(11-7-5-4-6-8-11)9-13-14(15)17-18-19(13)2/h4-8,12,16H,3,9-10H2,1-2H3. The second kappa shape index (κ2) is 6.82. The molecule has 4 nitrogen and oxygen atoms in total. The molecule has 0 saturated carbocycles. The highest BCUT2D eigenvalue weighted by Gasteiger charge is 2.17. The highest BCUT2D eigenvalue weighted by atomic mass is 79.9. The summed E-state index contributed by atoms with van der Waals surface area (Å²) in [5.41, 5.74) is 2.48. The monoisotopic (exact) mass is 322 g/mol. The minimum atomic E-state index is 0.426. The van der Waals surface area contributed by atoms with Gasteiger partial charge < -0.3 is 5.32 Å². The molecule has 102 valence electrons. The van der Waals surface area contributed by atoms with Crippen molar-refractivity contribution in [1.29, 1.82) is 0 Å². The Hall–Kier alpha value is -1.20. The number of likely N-dealkylation sites (N-methyl/N-ethyl adjacent to an activating group) is 1. The van der Waals surface area contributed by atoms with E-state index in [4.69, 9.17) is 0 Å². The SMILES string of the molecule is CCNCC(Cc1c(Br)nnn1C)c1ccccc1. The zero-order valence-electron chi connectivity index (χ0n) is 11.3. The van der Waals surface area contributed by atoms with Gasteiger partial charge in [-0.25, -0.2) is 0 Å². The van der Waals surface area contributed by atoms with Crippen molar-refractivity contribution < 1.29 is 0 Å². The maximum absolute atomic E-state index is 4.05. The van der Waals surface area contributed by atoms with Crippen LogP contribution in [0.4, 0.5) is 0 Å². The number of rotatable bonds is 6. The summed E-state index contributed by atoms with van der Waals surface area (Å²) in [5.74, 6) is 0.426. The second-order valence-corrected chi connectivity index (χ2v) is 5.32. The lowest BCUT2D eigenvalue weighted by Crippen LogP contribution is -2.23. The van der Waals surface area contributed by atoms with Crippen LogP contribution in [0.1, 0.15) is 24.1 Å². The van der Waals surface area contributed by atoms with Crippen LogP contribution in [0.3, 0.4) is 0 Å². The molecule has 1 unspecified atom stereocenters. The van der Waals surface area contributed by atoms with E-state index >= 15 is 0 Å². The summed E-state index contributed by atoms with van der Waals surface area (Å²) in [5, 5.41) is 11.5. The molecule has 2 rings (SSSR count). The Morgan fingerprint density at radius 2 is 2.05 bits per heavy atom. The van der Waals surface area contributed by atoms with Crippen LogP contribution >= 0.6 is 15.9 Å². The van der Waals surface area contributed by atoms with E-state index in [0.29, 0.717) is 5.92 Å². The van der Waals surface area contributed by atoms with Gasteiger partial charge in [-0.15, -0.1) is 5.10 Å². The predicted molar refractivity (Wildman–Crippen MR) is 80.1 cm³/mol. The number of nitrogens with one attached hydrogen (secondary N) is 1. The van der Waals surface area contributed by atoms with E-state index in [1.54, 1.807) is 0 Å². The molecule has 1 aromatic carbocycles. The summed E-state index contributed by atoms with van der Waals surface area (Å²) in [7, 11) is 1.93. The van der Waals surface area contributed by atoms with Gasteiger partial charge in [0.1, 0.15) is 0 Å². The third-order valence-corrected chi connectivity index (χ3v) is 3.86. The Balaban J connectivity index is 2.19. The first kappa shape index (κ1) is 14.2. The van der Waals surface area contributed by atoms with Crippen LogP contribution in [-0.2, 0) is 13.5 Å². The van der Waals surface area contributed by atoms with Crippen molar-refractivity contribution in [3.05, 3.63) is 46.2 Å². The number of nitrogens with zero attached hydrogens (tertiary/aromatic N) is 3. The van der Waals surface area contributed by atoms with Crippen molar-refractivity contribution in [3.63, 3.8) is 0 Å². The fourth-order valence-corrected chi connectivity index (χ4v) is 2.64. The van der Waals surface area contributed by atoms with Crippen LogP contribution in [0.25, 0.3) is 0 Å². The van der Waals surface area contributed by atoms with Crippen molar-refractivity contribution in [1.82, 2.24) is 20.3 Å². The van der Waals surface area contributed by atoms with Crippen molar-refractivity contribution in [2.45, 2.75) is 19.3 Å². The second-order valence-electron chi connectivity index (χ2n) is 4.57. The van der Waals surface area contributed by atoms with Gasteiger partial charge in [0.05, 0.1) is 5.69 Å². The molecule has 0 aliphatic rings. The van der Waals surface area contributed by atoms with Crippen molar-refractivity contribution in [3.8, 4) is 0 Å². The average molecular weight is 323 g/mol. The Morgan fingerprint density at radius 1 is 1.32 bits per heavy atom. The van der Waals surface area contributed by atoms with E-state index in [2.05, 4.69) is 68.8 Å². The van der Waals surface area contributed by atoms with Crippen LogP contribution in [0.5, 0.6) is 0 Å². The molecule has 0 radical (unpaired) electrons. The zero-order valence-corrected chi connectivity index (χ0v) is 12.9. The molecule has 1 heterocycles. The van der Waals surface area contributed by atoms with Gasteiger partial charge in [0.2, 0.25) is 0 Å². The van der Waals surface area contributed by atoms with Gasteiger partial charge in [-0.2, -0.15) is 0 Å². The van der Waals surface area contributed by atoms with Gasteiger partial charge in [0.25, 0.3) is 0 Å². The van der Waals surface area contributed by atoms with Gasteiger partial charge >= 0.3 is 0 Å². The molecule has 0 aliphatic heterocycles. The lowest BCUT2D eigenvalue weighted by Gasteiger charge is -2.18. The van der Waals surface area contributed by atoms with Crippen LogP contribution < -0.4 is 5.32 Å². The fourth-order valence-electron chi connectivity index (χ4n) is 2.15. The lowest BCUT2D eigenvalue weighted by molar-refractivity contribution is 0.568. The van der Waals surface area contributed by atoms with Gasteiger partial charge in [-0.3, -0.25) is 4.68 Å². The molecule has 19 heavy (non-hydrogen) atoms. The summed E-state index contributed by atoms with van der Waals surface area (Å²) in [6, 6.07) is 10.6. The van der Waals surface area contributed by atoms with E-state index < -0.39 is 0 Å². The number of aryl methyl sites for hydroxylation is 1. The third-order valence-electron chi connectivity index (χ3n) is 3.25. The summed E-state index contributed by atoms with van der Waals surface area (Å²) in [4.78, 5) is 0. The molecule has 0 spiro atoms. The number of aromatic nitrogens is 3. The van der Waals surface area contributed by atoms with Gasteiger partial charge in [-0.1, -0.05) is 42.5 Å². The van der Waals surface area contributed by atoms with E-state index in [-0.39, 0.29) is 0 Å². The molecule has 2 aromatic rings. The Morgan fingerprint density at radius 3 is 2.63 bits per heavy atom. The molecule has 0 aliphatic carbocycles. The first-order chi connectivity index (χ1) is 9.22. The Bertz CT molecular complexity index is 490. The first-order valence-electron chi connectivity index (χ1n) is 6.52. The summed E-state index contributed by atoms with van der Waals surface area (Å²) >= 11 is 3.47. The van der Waals surface area contributed by atoms with E-state index in [1.165, 1.54) is 5.56 Å². The fraction of sp³-hybridized carbons (Fsp3) is 0.429. The van der Waals surface area contributed by atoms with E-state index in [1.807, 2.05) is 11.7 Å². The topological polar surface area (TPSA) is 42.7 Å². The van der Waals surface area contributed by atoms with Crippen molar-refractivity contribution in [2.75, 3.05) is 13.1 Å². The first-order valence-corrected chi connectivity index (χ1v) is 7.31. The largest absolute Gasteiger partial charge is 0.316 e. The number of hydrogen-bond acceptors (Lipinski definition) is 3. The van der Waals surface area contributed by atoms with E-state index in [9.17, 15) is 0 Å². The van der Waals surface area contributed by atoms with Crippen LogP contribution in [-0.4, -0.2) is 28.1 Å². The quantitative estimate of drug-likeness (QED) is 0.888. The van der Waals surface area contributed by atoms with Gasteiger partial charge in [0, 0.05) is 25.9 Å². The van der Waals surface area contributed by atoms with Gasteiger partial charge in [-0.05, 0) is 28.0 Å². The zero-order chi connectivity index (χ0) is 13.7. The lowest BCUT2D eigenvalue weighted by atomic mass is 9.94. The van der Waals surface area contributed by atoms with Crippen LogP contribution in [0, 0.1) is 0 Å². The molecule has 0 fully saturated rings. The summed E-state index contributed by atoms with van der Waals surface area (Å²) in [6.07, 6.45) is 0.918. The highest BCUT2D eigenvalue weighted by Crippen LogP contribution is 2.23. The van der Waals surface area contributed by atoms with Crippen LogP contribution in [0.15, 0.2) is 34.9 Å². The number of halogens is 1. The Labute approximate surface area is 122 Å². The Kier molecular flexibility index (Phi) is 5.10. The minimum Gasteiger partial charge on any atom is -0.316 e. The number of hydrogen-bond donors (Lipinski definition) is 1. The molecule has 1 atom stereocenters. The smallest absolute Gasteiger partial charge is 0.151 e. The molecule has 1 N–H and O–H groups in total.